The fourth-order valence-corrected chi connectivity index (χ4v) is 2.50. The lowest BCUT2D eigenvalue weighted by molar-refractivity contribution is -0.142. The molecule has 2 heterocycles. The summed E-state index contributed by atoms with van der Waals surface area (Å²) in [6.45, 7) is 3.60. The Hall–Kier alpha value is -2.86. The van der Waals surface area contributed by atoms with Crippen LogP contribution in [0.4, 0.5) is 0 Å². The number of cyclic esters (lactones) is 1. The summed E-state index contributed by atoms with van der Waals surface area (Å²) in [6, 6.07) is 8.25. The first kappa shape index (κ1) is 17.0. The van der Waals surface area contributed by atoms with E-state index in [0.717, 1.165) is 5.39 Å². The van der Waals surface area contributed by atoms with E-state index in [-0.39, 0.29) is 6.61 Å². The smallest absolute Gasteiger partial charge is 0.336 e. The molecule has 6 nitrogen and oxygen atoms in total. The van der Waals surface area contributed by atoms with Crippen LogP contribution in [-0.2, 0) is 9.53 Å². The maximum Gasteiger partial charge on any atom is 0.336 e. The lowest BCUT2D eigenvalue weighted by Gasteiger charge is -2.17. The minimum Gasteiger partial charge on any atom is -0.489 e. The number of hydrogen-bond donors (Lipinski definition) is 1. The number of carbonyl (C=O) groups is 1. The SMILES string of the molecule is CC1=C[C@H]([C@@H](O)C(C)=CCOc2ccc3ccc(=O)oc3c2)OC1=O. The van der Waals surface area contributed by atoms with Crippen LogP contribution in [0.25, 0.3) is 11.0 Å². The van der Waals surface area contributed by atoms with E-state index in [0.29, 0.717) is 22.5 Å². The van der Waals surface area contributed by atoms with E-state index in [1.165, 1.54) is 6.07 Å². The van der Waals surface area contributed by atoms with E-state index in [1.54, 1.807) is 50.3 Å². The van der Waals surface area contributed by atoms with E-state index in [9.17, 15) is 14.7 Å². The van der Waals surface area contributed by atoms with Crippen molar-refractivity contribution in [2.75, 3.05) is 6.61 Å². The lowest BCUT2D eigenvalue weighted by Crippen LogP contribution is -2.27. The molecule has 0 fully saturated rings. The molecular formula is C19H18O6. The quantitative estimate of drug-likeness (QED) is 0.510. The number of fused-ring (bicyclic) bond motifs is 1. The van der Waals surface area contributed by atoms with Crippen molar-refractivity contribution in [1.82, 2.24) is 0 Å². The molecule has 0 bridgehead atoms. The Morgan fingerprint density at radius 2 is 2.08 bits per heavy atom. The molecule has 1 aliphatic rings. The zero-order valence-corrected chi connectivity index (χ0v) is 13.9. The van der Waals surface area contributed by atoms with Crippen LogP contribution < -0.4 is 10.4 Å². The number of aliphatic hydroxyl groups is 1. The second kappa shape index (κ2) is 6.94. The number of aliphatic hydroxyl groups excluding tert-OH is 1. The van der Waals surface area contributed by atoms with Crippen molar-refractivity contribution in [2.45, 2.75) is 26.1 Å². The summed E-state index contributed by atoms with van der Waals surface area (Å²) in [5, 5.41) is 11.0. The molecule has 2 aromatic rings. The van der Waals surface area contributed by atoms with Gasteiger partial charge in [0, 0.05) is 23.1 Å². The molecule has 1 aromatic carbocycles. The van der Waals surface area contributed by atoms with Crippen LogP contribution in [0, 0.1) is 0 Å². The highest BCUT2D eigenvalue weighted by molar-refractivity contribution is 5.90. The van der Waals surface area contributed by atoms with Crippen LogP contribution in [-0.4, -0.2) is 29.9 Å². The lowest BCUT2D eigenvalue weighted by atomic mass is 10.1. The average molecular weight is 342 g/mol. The summed E-state index contributed by atoms with van der Waals surface area (Å²) in [4.78, 5) is 22.6. The fraction of sp³-hybridized carbons (Fsp3) is 0.263. The molecule has 3 rings (SSSR count). The Kier molecular flexibility index (Phi) is 4.72. The predicted octanol–water partition coefficient (Wildman–Crippen LogP) is 2.35. The molecule has 0 radical (unpaired) electrons. The van der Waals surface area contributed by atoms with Crippen molar-refractivity contribution in [2.24, 2.45) is 0 Å². The van der Waals surface area contributed by atoms with Crippen LogP contribution >= 0.6 is 0 Å². The zero-order chi connectivity index (χ0) is 18.0. The highest BCUT2D eigenvalue weighted by atomic mass is 16.6. The molecule has 0 saturated carbocycles. The summed E-state index contributed by atoms with van der Waals surface area (Å²) in [7, 11) is 0. The monoisotopic (exact) mass is 342 g/mol. The summed E-state index contributed by atoms with van der Waals surface area (Å²) in [5.74, 6) is 0.134. The molecule has 0 unspecified atom stereocenters. The van der Waals surface area contributed by atoms with Crippen LogP contribution in [0.5, 0.6) is 5.75 Å². The third-order valence-corrected chi connectivity index (χ3v) is 4.01. The Morgan fingerprint density at radius 1 is 1.32 bits per heavy atom. The van der Waals surface area contributed by atoms with Gasteiger partial charge in [0.2, 0.25) is 0 Å². The third-order valence-electron chi connectivity index (χ3n) is 4.01. The standard InChI is InChI=1S/C19H18O6/c1-11(18(21)16-9-12(2)19(22)25-16)7-8-23-14-5-3-13-4-6-17(20)24-15(13)10-14/h3-7,9-10,16,18,21H,8H2,1-2H3/t16-,18+/m1/s1. The van der Waals surface area contributed by atoms with Gasteiger partial charge in [-0.15, -0.1) is 0 Å². The number of benzene rings is 1. The first-order valence-corrected chi connectivity index (χ1v) is 7.85. The first-order chi connectivity index (χ1) is 11.9. The third kappa shape index (κ3) is 3.80. The van der Waals surface area contributed by atoms with Gasteiger partial charge in [-0.2, -0.15) is 0 Å². The van der Waals surface area contributed by atoms with E-state index in [2.05, 4.69) is 0 Å². The Labute approximate surface area is 144 Å². The number of esters is 1. The van der Waals surface area contributed by atoms with Gasteiger partial charge in [-0.05, 0) is 49.8 Å². The predicted molar refractivity (Wildman–Crippen MR) is 91.4 cm³/mol. The summed E-state index contributed by atoms with van der Waals surface area (Å²) in [6.07, 6.45) is 1.74. The number of rotatable bonds is 5. The van der Waals surface area contributed by atoms with Crippen LogP contribution in [0.15, 0.2) is 62.8 Å². The molecule has 25 heavy (non-hydrogen) atoms. The minimum atomic E-state index is -0.917. The van der Waals surface area contributed by atoms with Gasteiger partial charge in [0.1, 0.15) is 24.0 Å². The minimum absolute atomic E-state index is 0.217. The van der Waals surface area contributed by atoms with E-state index in [1.807, 2.05) is 0 Å². The Morgan fingerprint density at radius 3 is 2.80 bits per heavy atom. The van der Waals surface area contributed by atoms with E-state index in [4.69, 9.17) is 13.9 Å². The molecule has 0 amide bonds. The maximum absolute atomic E-state index is 11.4. The molecule has 0 saturated heterocycles. The second-order valence-corrected chi connectivity index (χ2v) is 5.88. The Bertz CT molecular complexity index is 921. The van der Waals surface area contributed by atoms with Crippen molar-refractivity contribution < 1.29 is 23.8 Å². The largest absolute Gasteiger partial charge is 0.489 e. The molecule has 1 N–H and O–H groups in total. The van der Waals surface area contributed by atoms with Crippen LogP contribution in [0.2, 0.25) is 0 Å². The fourth-order valence-electron chi connectivity index (χ4n) is 2.50. The second-order valence-electron chi connectivity index (χ2n) is 5.88. The van der Waals surface area contributed by atoms with Gasteiger partial charge in [0.15, 0.2) is 6.10 Å². The van der Waals surface area contributed by atoms with Crippen LogP contribution in [0.3, 0.4) is 0 Å². The molecular weight excluding hydrogens is 324 g/mol. The topological polar surface area (TPSA) is 86.0 Å². The van der Waals surface area contributed by atoms with Gasteiger partial charge < -0.3 is 19.0 Å². The molecule has 1 aliphatic heterocycles. The van der Waals surface area contributed by atoms with E-state index < -0.39 is 23.8 Å². The normalized spacial score (nSPS) is 18.8. The molecule has 6 heteroatoms. The molecule has 0 aliphatic carbocycles. The van der Waals surface area contributed by atoms with Crippen molar-refractivity contribution in [3.05, 3.63) is 64.1 Å². The summed E-state index contributed by atoms with van der Waals surface area (Å²) < 4.78 is 15.8. The highest BCUT2D eigenvalue weighted by Gasteiger charge is 2.29. The van der Waals surface area contributed by atoms with Crippen LogP contribution in [0.1, 0.15) is 13.8 Å². The first-order valence-electron chi connectivity index (χ1n) is 7.85. The van der Waals surface area contributed by atoms with Gasteiger partial charge in [0.05, 0.1) is 0 Å². The van der Waals surface area contributed by atoms with Crippen molar-refractivity contribution in [3.8, 4) is 5.75 Å². The Balaban J connectivity index is 1.64. The van der Waals surface area contributed by atoms with Gasteiger partial charge in [0.25, 0.3) is 0 Å². The number of ether oxygens (including phenoxy) is 2. The zero-order valence-electron chi connectivity index (χ0n) is 13.9. The van der Waals surface area contributed by atoms with E-state index >= 15 is 0 Å². The number of hydrogen-bond acceptors (Lipinski definition) is 6. The molecule has 1 aromatic heterocycles. The van der Waals surface area contributed by atoms with Crippen molar-refractivity contribution in [3.63, 3.8) is 0 Å². The molecule has 130 valence electrons. The van der Waals surface area contributed by atoms with Gasteiger partial charge in [-0.3, -0.25) is 0 Å². The van der Waals surface area contributed by atoms with Gasteiger partial charge >= 0.3 is 11.6 Å². The van der Waals surface area contributed by atoms with Crippen molar-refractivity contribution >= 4 is 16.9 Å². The van der Waals surface area contributed by atoms with Gasteiger partial charge in [-0.1, -0.05) is 0 Å². The maximum atomic E-state index is 11.4. The van der Waals surface area contributed by atoms with Crippen molar-refractivity contribution in [1.29, 1.82) is 0 Å². The molecule has 2 atom stereocenters. The summed E-state index contributed by atoms with van der Waals surface area (Å²) in [5.41, 5.74) is 1.16. The summed E-state index contributed by atoms with van der Waals surface area (Å²) >= 11 is 0. The molecule has 0 spiro atoms. The average Bonchev–Trinajstić information content (AvgIpc) is 2.92. The van der Waals surface area contributed by atoms with Gasteiger partial charge in [-0.25, -0.2) is 9.59 Å². The highest BCUT2D eigenvalue weighted by Crippen LogP contribution is 2.21. The number of carbonyl (C=O) groups excluding carboxylic acids is 1.